The Bertz CT molecular complexity index is 217. The van der Waals surface area contributed by atoms with Crippen LogP contribution in [0.3, 0.4) is 0 Å². The Kier molecular flexibility index (Phi) is 4.50. The van der Waals surface area contributed by atoms with Gasteiger partial charge in [0.2, 0.25) is 0 Å². The molecule has 1 aliphatic rings. The van der Waals surface area contributed by atoms with E-state index < -0.39 is 11.6 Å². The molecule has 1 rings (SSSR count). The number of carbonyl (C=O) groups excluding carboxylic acids is 1. The van der Waals surface area contributed by atoms with E-state index in [1.807, 2.05) is 5.32 Å². The van der Waals surface area contributed by atoms with E-state index in [4.69, 9.17) is 4.74 Å². The van der Waals surface area contributed by atoms with Crippen molar-refractivity contribution in [1.29, 1.82) is 0 Å². The molecule has 15 heavy (non-hydrogen) atoms. The second-order valence-electron chi connectivity index (χ2n) is 4.29. The second-order valence-corrected chi connectivity index (χ2v) is 4.29. The van der Waals surface area contributed by atoms with Crippen LogP contribution in [0.4, 0.5) is 0 Å². The molecular weight excluding hydrogens is 198 g/mol. The van der Waals surface area contributed by atoms with Crippen LogP contribution in [-0.2, 0) is 9.53 Å². The number of ether oxygens (including phenoxy) is 1. The number of aliphatic hydroxyl groups is 1. The number of carbonyl (C=O) groups is 1. The first-order valence-electron chi connectivity index (χ1n) is 5.35. The molecule has 88 valence electrons. The van der Waals surface area contributed by atoms with Crippen molar-refractivity contribution in [2.75, 3.05) is 19.8 Å². The van der Waals surface area contributed by atoms with E-state index in [-0.39, 0.29) is 12.5 Å². The minimum atomic E-state index is -1.02. The topological polar surface area (TPSA) is 86.2 Å². The van der Waals surface area contributed by atoms with Crippen LogP contribution in [0.5, 0.6) is 0 Å². The predicted octanol–water partition coefficient (Wildman–Crippen LogP) is -2.38. The fourth-order valence-electron chi connectivity index (χ4n) is 1.74. The van der Waals surface area contributed by atoms with Crippen LogP contribution in [0.25, 0.3) is 0 Å². The lowest BCUT2D eigenvalue weighted by atomic mass is 9.91. The first kappa shape index (κ1) is 12.4. The number of nitrogens with two attached hydrogens (primary N) is 1. The third-order valence-corrected chi connectivity index (χ3v) is 2.88. The van der Waals surface area contributed by atoms with Gasteiger partial charge in [0.15, 0.2) is 0 Å². The van der Waals surface area contributed by atoms with Gasteiger partial charge in [0.05, 0.1) is 6.54 Å². The highest BCUT2D eigenvalue weighted by molar-refractivity contribution is 5.64. The van der Waals surface area contributed by atoms with Gasteiger partial charge in [-0.3, -0.25) is 0 Å². The lowest BCUT2D eigenvalue weighted by Gasteiger charge is -2.34. The molecule has 1 heterocycles. The molecule has 1 fully saturated rings. The van der Waals surface area contributed by atoms with Gasteiger partial charge < -0.3 is 25.1 Å². The maximum Gasteiger partial charge on any atom is 0.138 e. The fourth-order valence-corrected chi connectivity index (χ4v) is 1.74. The van der Waals surface area contributed by atoms with Crippen molar-refractivity contribution in [3.63, 3.8) is 0 Å². The largest absolute Gasteiger partial charge is 0.550 e. The summed E-state index contributed by atoms with van der Waals surface area (Å²) in [5.74, 6) is -1.02. The van der Waals surface area contributed by atoms with Gasteiger partial charge in [-0.15, -0.1) is 0 Å². The van der Waals surface area contributed by atoms with Crippen LogP contribution in [0, 0.1) is 0 Å². The average Bonchev–Trinajstić information content (AvgIpc) is 2.13. The average molecular weight is 217 g/mol. The Balaban J connectivity index is 2.21. The maximum atomic E-state index is 10.2. The van der Waals surface area contributed by atoms with Crippen LogP contribution >= 0.6 is 0 Å². The summed E-state index contributed by atoms with van der Waals surface area (Å²) in [6.07, 6.45) is 1.27. The predicted molar refractivity (Wildman–Crippen MR) is 50.9 cm³/mol. The van der Waals surface area contributed by atoms with E-state index in [0.29, 0.717) is 32.6 Å². The summed E-state index contributed by atoms with van der Waals surface area (Å²) in [6.45, 7) is 3.60. The molecule has 2 atom stereocenters. The first-order chi connectivity index (χ1) is 7.02. The van der Waals surface area contributed by atoms with Crippen molar-refractivity contribution in [3.05, 3.63) is 0 Å². The Labute approximate surface area is 89.4 Å². The van der Waals surface area contributed by atoms with E-state index >= 15 is 0 Å². The molecule has 5 nitrogen and oxygen atoms in total. The Morgan fingerprint density at radius 3 is 3.07 bits per heavy atom. The Morgan fingerprint density at radius 1 is 1.73 bits per heavy atom. The monoisotopic (exact) mass is 217 g/mol. The van der Waals surface area contributed by atoms with E-state index in [2.05, 4.69) is 0 Å². The van der Waals surface area contributed by atoms with Gasteiger partial charge in [0.25, 0.3) is 0 Å². The minimum Gasteiger partial charge on any atom is -0.550 e. The van der Waals surface area contributed by atoms with Crippen molar-refractivity contribution in [3.8, 4) is 0 Å². The van der Waals surface area contributed by atoms with E-state index in [1.165, 1.54) is 0 Å². The normalized spacial score (nSPS) is 31.5. The summed E-state index contributed by atoms with van der Waals surface area (Å²) in [7, 11) is 0. The zero-order valence-electron chi connectivity index (χ0n) is 9.07. The summed E-state index contributed by atoms with van der Waals surface area (Å²) < 4.78 is 5.28. The molecule has 0 radical (unpaired) electrons. The van der Waals surface area contributed by atoms with E-state index in [0.717, 1.165) is 0 Å². The van der Waals surface area contributed by atoms with Crippen LogP contribution in [0.15, 0.2) is 0 Å². The molecule has 0 aromatic carbocycles. The highest BCUT2D eigenvalue weighted by Gasteiger charge is 2.37. The Hall–Kier alpha value is -0.650. The number of carboxylic acid groups (broad SMARTS) is 1. The van der Waals surface area contributed by atoms with Gasteiger partial charge in [0, 0.05) is 25.4 Å². The van der Waals surface area contributed by atoms with Crippen molar-refractivity contribution in [2.24, 2.45) is 0 Å². The minimum absolute atomic E-state index is 0.00741. The second kappa shape index (κ2) is 5.44. The fraction of sp³-hybridized carbons (Fsp3) is 0.900. The summed E-state index contributed by atoms with van der Waals surface area (Å²) in [5.41, 5.74) is -0.709. The summed E-state index contributed by atoms with van der Waals surface area (Å²) >= 11 is 0. The molecule has 5 heteroatoms. The van der Waals surface area contributed by atoms with Crippen molar-refractivity contribution >= 4 is 5.97 Å². The molecule has 1 aliphatic heterocycles. The molecule has 0 amide bonds. The quantitative estimate of drug-likeness (QED) is 0.504. The molecule has 0 unspecified atom stereocenters. The highest BCUT2D eigenvalue weighted by atomic mass is 16.5. The lowest BCUT2D eigenvalue weighted by molar-refractivity contribution is -0.707. The molecule has 1 saturated heterocycles. The van der Waals surface area contributed by atoms with E-state index in [9.17, 15) is 15.0 Å². The first-order valence-corrected chi connectivity index (χ1v) is 5.35. The highest BCUT2D eigenvalue weighted by Crippen LogP contribution is 2.17. The number of aliphatic carboxylic acids is 1. The molecule has 0 aliphatic carbocycles. The van der Waals surface area contributed by atoms with Crippen LogP contribution in [0.1, 0.15) is 26.2 Å². The van der Waals surface area contributed by atoms with Crippen LogP contribution < -0.4 is 10.4 Å². The summed E-state index contributed by atoms with van der Waals surface area (Å²) in [6, 6.07) is 0.00741. The van der Waals surface area contributed by atoms with Crippen molar-refractivity contribution < 1.29 is 25.1 Å². The number of quaternary nitrogens is 1. The standard InChI is InChI=1S/C10H19NO4/c1-10(14)4-6-15-7-8(10)11-5-2-3-9(12)13/h8,11,14H,2-7H2,1H3,(H,12,13)/t8-,10-/m0/s1. The zero-order valence-corrected chi connectivity index (χ0v) is 9.07. The maximum absolute atomic E-state index is 10.2. The van der Waals surface area contributed by atoms with Gasteiger partial charge in [0.1, 0.15) is 18.2 Å². The van der Waals surface area contributed by atoms with Gasteiger partial charge in [-0.1, -0.05) is 0 Å². The van der Waals surface area contributed by atoms with Crippen LogP contribution in [-0.4, -0.2) is 42.5 Å². The van der Waals surface area contributed by atoms with Crippen LogP contribution in [0.2, 0.25) is 0 Å². The number of hydrogen-bond acceptors (Lipinski definition) is 4. The van der Waals surface area contributed by atoms with Gasteiger partial charge in [-0.2, -0.15) is 0 Å². The van der Waals surface area contributed by atoms with Gasteiger partial charge in [-0.25, -0.2) is 0 Å². The van der Waals surface area contributed by atoms with Gasteiger partial charge >= 0.3 is 0 Å². The smallest absolute Gasteiger partial charge is 0.138 e. The van der Waals surface area contributed by atoms with Gasteiger partial charge in [-0.05, 0) is 13.3 Å². The number of carboxylic acids is 1. The number of rotatable bonds is 5. The lowest BCUT2D eigenvalue weighted by Crippen LogP contribution is -2.96. The SMILES string of the molecule is C[C@]1(O)CCOC[C@@H]1[NH2+]CCCC(=O)[O-]. The zero-order chi connectivity index (χ0) is 11.3. The third kappa shape index (κ3) is 4.15. The van der Waals surface area contributed by atoms with E-state index in [1.54, 1.807) is 6.92 Å². The summed E-state index contributed by atoms with van der Waals surface area (Å²) in [4.78, 5) is 10.2. The molecule has 0 aromatic heterocycles. The molecule has 0 bridgehead atoms. The molecular formula is C10H19NO4. The molecule has 0 aromatic rings. The Morgan fingerprint density at radius 2 is 2.47 bits per heavy atom. The van der Waals surface area contributed by atoms with Crippen molar-refractivity contribution in [1.82, 2.24) is 0 Å². The summed E-state index contributed by atoms with van der Waals surface area (Å²) in [5, 5.41) is 22.1. The molecule has 0 spiro atoms. The third-order valence-electron chi connectivity index (χ3n) is 2.88. The van der Waals surface area contributed by atoms with Crippen molar-refractivity contribution in [2.45, 2.75) is 37.8 Å². The number of hydrogen-bond donors (Lipinski definition) is 2. The molecule has 0 saturated carbocycles. The molecule has 3 N–H and O–H groups in total.